The smallest absolute Gasteiger partial charge is 0.130 e. The number of para-hydroxylation sites is 1. The number of ether oxygens (including phenoxy) is 1. The Kier molecular flexibility index (Phi) is 2.07. The Morgan fingerprint density at radius 1 is 1.46 bits per heavy atom. The van der Waals surface area contributed by atoms with Crippen molar-refractivity contribution in [2.24, 2.45) is 5.73 Å². The Labute approximate surface area is 78.0 Å². The van der Waals surface area contributed by atoms with E-state index in [9.17, 15) is 0 Å². The molecule has 1 aliphatic heterocycles. The second kappa shape index (κ2) is 3.23. The van der Waals surface area contributed by atoms with Gasteiger partial charge in [-0.25, -0.2) is 0 Å². The Morgan fingerprint density at radius 2 is 2.31 bits per heavy atom. The topological polar surface area (TPSA) is 35.2 Å². The number of aryl methyl sites for hydroxylation is 1. The second-order valence-corrected chi connectivity index (χ2v) is 3.20. The lowest BCUT2D eigenvalue weighted by Gasteiger charge is -2.19. The van der Waals surface area contributed by atoms with E-state index in [4.69, 9.17) is 10.5 Å². The van der Waals surface area contributed by atoms with Gasteiger partial charge in [-0.1, -0.05) is 18.2 Å². The van der Waals surface area contributed by atoms with Crippen molar-refractivity contribution in [1.82, 2.24) is 0 Å². The lowest BCUT2D eigenvalue weighted by Crippen LogP contribution is -2.11. The average Bonchev–Trinajstić information content (AvgIpc) is 2.18. The van der Waals surface area contributed by atoms with Crippen molar-refractivity contribution in [3.8, 4) is 5.75 Å². The molecule has 0 aromatic heterocycles. The lowest BCUT2D eigenvalue weighted by molar-refractivity contribution is 0.354. The minimum atomic E-state index is 0.583. The predicted molar refractivity (Wildman–Crippen MR) is 53.7 cm³/mol. The van der Waals surface area contributed by atoms with Crippen LogP contribution in [-0.4, -0.2) is 13.2 Å². The number of hydrogen-bond donors (Lipinski definition) is 1. The van der Waals surface area contributed by atoms with E-state index < -0.39 is 0 Å². The molecule has 0 spiro atoms. The number of nitrogens with two attached hydrogens (primary N) is 1. The van der Waals surface area contributed by atoms with E-state index in [2.05, 4.69) is 19.1 Å². The second-order valence-electron chi connectivity index (χ2n) is 3.20. The SMILES string of the molecule is Cc1cccc2c1OCC=C2CN. The van der Waals surface area contributed by atoms with Crippen molar-refractivity contribution in [1.29, 1.82) is 0 Å². The fourth-order valence-corrected chi connectivity index (χ4v) is 1.63. The minimum Gasteiger partial charge on any atom is -0.489 e. The summed E-state index contributed by atoms with van der Waals surface area (Å²) in [6.07, 6.45) is 2.04. The molecule has 13 heavy (non-hydrogen) atoms. The van der Waals surface area contributed by atoms with Gasteiger partial charge in [-0.05, 0) is 24.1 Å². The maximum absolute atomic E-state index is 5.64. The molecule has 2 heteroatoms. The van der Waals surface area contributed by atoms with Gasteiger partial charge in [-0.3, -0.25) is 0 Å². The molecule has 0 saturated heterocycles. The van der Waals surface area contributed by atoms with Gasteiger partial charge < -0.3 is 10.5 Å². The fraction of sp³-hybridized carbons (Fsp3) is 0.273. The van der Waals surface area contributed by atoms with Crippen LogP contribution in [0.25, 0.3) is 5.57 Å². The summed E-state index contributed by atoms with van der Waals surface area (Å²) in [6, 6.07) is 6.14. The van der Waals surface area contributed by atoms with Gasteiger partial charge in [0.15, 0.2) is 0 Å². The molecule has 0 fully saturated rings. The molecule has 0 aliphatic carbocycles. The third kappa shape index (κ3) is 1.33. The third-order valence-electron chi connectivity index (χ3n) is 2.34. The van der Waals surface area contributed by atoms with Crippen LogP contribution in [0.4, 0.5) is 0 Å². The molecule has 1 aromatic rings. The maximum atomic E-state index is 5.64. The first-order valence-electron chi connectivity index (χ1n) is 4.45. The highest BCUT2D eigenvalue weighted by atomic mass is 16.5. The van der Waals surface area contributed by atoms with Gasteiger partial charge in [0.1, 0.15) is 12.4 Å². The highest BCUT2D eigenvalue weighted by Gasteiger charge is 2.13. The molecule has 1 aromatic carbocycles. The fourth-order valence-electron chi connectivity index (χ4n) is 1.63. The molecule has 0 atom stereocenters. The van der Waals surface area contributed by atoms with Crippen molar-refractivity contribution in [2.75, 3.05) is 13.2 Å². The predicted octanol–water partition coefficient (Wildman–Crippen LogP) is 1.73. The van der Waals surface area contributed by atoms with Crippen molar-refractivity contribution < 1.29 is 4.74 Å². The molecule has 0 saturated carbocycles. The zero-order valence-corrected chi connectivity index (χ0v) is 7.71. The number of fused-ring (bicyclic) bond motifs is 1. The van der Waals surface area contributed by atoms with Crippen LogP contribution in [-0.2, 0) is 0 Å². The first kappa shape index (κ1) is 8.32. The largest absolute Gasteiger partial charge is 0.489 e. The quantitative estimate of drug-likeness (QED) is 0.705. The van der Waals surface area contributed by atoms with Crippen LogP contribution in [0.1, 0.15) is 11.1 Å². The van der Waals surface area contributed by atoms with Crippen molar-refractivity contribution >= 4 is 5.57 Å². The van der Waals surface area contributed by atoms with E-state index in [1.165, 1.54) is 11.1 Å². The summed E-state index contributed by atoms with van der Waals surface area (Å²) in [5.74, 6) is 0.991. The van der Waals surface area contributed by atoms with Gasteiger partial charge in [0.25, 0.3) is 0 Å². The van der Waals surface area contributed by atoms with Gasteiger partial charge in [0, 0.05) is 12.1 Å². The first-order valence-corrected chi connectivity index (χ1v) is 4.45. The minimum absolute atomic E-state index is 0.583. The molecule has 0 unspecified atom stereocenters. The van der Waals surface area contributed by atoms with Gasteiger partial charge in [0.2, 0.25) is 0 Å². The zero-order valence-electron chi connectivity index (χ0n) is 7.71. The summed E-state index contributed by atoms with van der Waals surface area (Å²) in [5.41, 5.74) is 9.15. The molecule has 2 nitrogen and oxygen atoms in total. The molecule has 2 N–H and O–H groups in total. The van der Waals surface area contributed by atoms with Gasteiger partial charge >= 0.3 is 0 Å². The van der Waals surface area contributed by atoms with Crippen LogP contribution in [0.15, 0.2) is 24.3 Å². The Hall–Kier alpha value is -1.28. The molecule has 0 radical (unpaired) electrons. The van der Waals surface area contributed by atoms with Gasteiger partial charge in [-0.2, -0.15) is 0 Å². The Balaban J connectivity index is 2.55. The summed E-state index contributed by atoms with van der Waals surface area (Å²) in [4.78, 5) is 0. The van der Waals surface area contributed by atoms with Gasteiger partial charge in [-0.15, -0.1) is 0 Å². The summed E-state index contributed by atoms with van der Waals surface area (Å²) in [5, 5.41) is 0. The Bertz CT molecular complexity index is 355. The van der Waals surface area contributed by atoms with Crippen LogP contribution in [0, 0.1) is 6.92 Å². The first-order chi connectivity index (χ1) is 6.33. The van der Waals surface area contributed by atoms with Crippen LogP contribution >= 0.6 is 0 Å². The van der Waals surface area contributed by atoms with Crippen LogP contribution in [0.5, 0.6) is 5.75 Å². The molecular weight excluding hydrogens is 162 g/mol. The monoisotopic (exact) mass is 175 g/mol. The lowest BCUT2D eigenvalue weighted by atomic mass is 10.0. The molecule has 68 valence electrons. The highest BCUT2D eigenvalue weighted by Crippen LogP contribution is 2.31. The van der Waals surface area contributed by atoms with Crippen LogP contribution in [0.3, 0.4) is 0 Å². The van der Waals surface area contributed by atoms with E-state index in [1.807, 2.05) is 12.1 Å². The van der Waals surface area contributed by atoms with E-state index in [1.54, 1.807) is 0 Å². The molecule has 1 aliphatic rings. The summed E-state index contributed by atoms with van der Waals surface area (Å²) in [6.45, 7) is 3.28. The normalized spacial score (nSPS) is 14.5. The maximum Gasteiger partial charge on any atom is 0.130 e. The molecule has 0 amide bonds. The van der Waals surface area contributed by atoms with Gasteiger partial charge in [0.05, 0.1) is 0 Å². The molecule has 2 rings (SSSR count). The van der Waals surface area contributed by atoms with Crippen molar-refractivity contribution in [3.05, 3.63) is 35.4 Å². The van der Waals surface area contributed by atoms with Crippen LogP contribution in [0.2, 0.25) is 0 Å². The van der Waals surface area contributed by atoms with Crippen LogP contribution < -0.4 is 10.5 Å². The van der Waals surface area contributed by atoms with E-state index in [0.717, 1.165) is 11.3 Å². The van der Waals surface area contributed by atoms with Crippen molar-refractivity contribution in [2.45, 2.75) is 6.92 Å². The summed E-state index contributed by atoms with van der Waals surface area (Å²) >= 11 is 0. The third-order valence-corrected chi connectivity index (χ3v) is 2.34. The summed E-state index contributed by atoms with van der Waals surface area (Å²) in [7, 11) is 0. The average molecular weight is 175 g/mol. The number of rotatable bonds is 1. The highest BCUT2D eigenvalue weighted by molar-refractivity contribution is 5.74. The van der Waals surface area contributed by atoms with Crippen molar-refractivity contribution in [3.63, 3.8) is 0 Å². The standard InChI is InChI=1S/C11H13NO/c1-8-3-2-4-10-9(7-12)5-6-13-11(8)10/h2-5H,6-7,12H2,1H3. The van der Waals surface area contributed by atoms with E-state index in [0.29, 0.717) is 13.2 Å². The molecular formula is C11H13NO. The number of hydrogen-bond acceptors (Lipinski definition) is 2. The Morgan fingerprint density at radius 3 is 3.08 bits per heavy atom. The molecule has 1 heterocycles. The van der Waals surface area contributed by atoms with E-state index >= 15 is 0 Å². The zero-order chi connectivity index (χ0) is 9.26. The molecule has 0 bridgehead atoms. The van der Waals surface area contributed by atoms with E-state index in [-0.39, 0.29) is 0 Å². The number of benzene rings is 1. The summed E-state index contributed by atoms with van der Waals surface area (Å²) < 4.78 is 5.55.